The Morgan fingerprint density at radius 2 is 1.88 bits per heavy atom. The molecule has 0 radical (unpaired) electrons. The van der Waals surface area contributed by atoms with Crippen molar-refractivity contribution in [1.29, 1.82) is 5.26 Å². The van der Waals surface area contributed by atoms with Crippen molar-refractivity contribution in [3.63, 3.8) is 0 Å². The summed E-state index contributed by atoms with van der Waals surface area (Å²) >= 11 is 3.45. The average molecular weight is 385 g/mol. The first kappa shape index (κ1) is 16.6. The number of halogens is 1. The molecular weight excluding hydrogens is 368 g/mol. The van der Waals surface area contributed by atoms with Crippen LogP contribution in [0.4, 0.5) is 0 Å². The van der Waals surface area contributed by atoms with Crippen molar-refractivity contribution in [3.05, 3.63) is 64.4 Å². The highest BCUT2D eigenvalue weighted by Gasteiger charge is 2.27. The molecule has 1 fully saturated rings. The molecule has 1 atom stereocenters. The molecule has 1 aromatic heterocycles. The molecule has 1 unspecified atom stereocenters. The van der Waals surface area contributed by atoms with E-state index in [1.54, 1.807) is 24.5 Å². The molecule has 2 heterocycles. The summed E-state index contributed by atoms with van der Waals surface area (Å²) in [7, 11) is 0. The summed E-state index contributed by atoms with van der Waals surface area (Å²) in [4.78, 5) is 20.4. The molecule has 1 aliphatic rings. The number of piperazine rings is 1. The van der Waals surface area contributed by atoms with Crippen molar-refractivity contribution in [2.75, 3.05) is 26.2 Å². The second-order valence-corrected chi connectivity index (χ2v) is 6.57. The SMILES string of the molecule is N#CC(c1cccc(Br)c1)N1CCN(C(=O)c2ccncc2)CC1. The largest absolute Gasteiger partial charge is 0.336 e. The Labute approximate surface area is 149 Å². The molecule has 2 aromatic rings. The topological polar surface area (TPSA) is 60.2 Å². The number of amides is 1. The lowest BCUT2D eigenvalue weighted by Gasteiger charge is -2.37. The molecule has 122 valence electrons. The monoisotopic (exact) mass is 384 g/mol. The quantitative estimate of drug-likeness (QED) is 0.815. The minimum atomic E-state index is -0.291. The first-order chi connectivity index (χ1) is 11.7. The molecule has 3 rings (SSSR count). The van der Waals surface area contributed by atoms with E-state index in [9.17, 15) is 10.1 Å². The van der Waals surface area contributed by atoms with E-state index in [1.165, 1.54) is 0 Å². The van der Waals surface area contributed by atoms with Crippen molar-refractivity contribution in [1.82, 2.24) is 14.8 Å². The zero-order valence-corrected chi connectivity index (χ0v) is 14.7. The van der Waals surface area contributed by atoms with Gasteiger partial charge in [-0.15, -0.1) is 0 Å². The Bertz CT molecular complexity index is 751. The molecule has 5 nitrogen and oxygen atoms in total. The standard InChI is InChI=1S/C18H17BrN4O/c19-16-3-1-2-15(12-16)17(13-20)22-8-10-23(11-9-22)18(24)14-4-6-21-7-5-14/h1-7,12,17H,8-11H2. The van der Waals surface area contributed by atoms with Gasteiger partial charge in [0.05, 0.1) is 6.07 Å². The molecule has 1 aromatic carbocycles. The molecule has 1 amide bonds. The minimum absolute atomic E-state index is 0.0213. The summed E-state index contributed by atoms with van der Waals surface area (Å²) in [5, 5.41) is 9.58. The van der Waals surface area contributed by atoms with Gasteiger partial charge in [0.15, 0.2) is 0 Å². The Morgan fingerprint density at radius 3 is 2.50 bits per heavy atom. The summed E-state index contributed by atoms with van der Waals surface area (Å²) in [6.45, 7) is 2.60. The maximum atomic E-state index is 12.5. The third-order valence-electron chi connectivity index (χ3n) is 4.18. The maximum Gasteiger partial charge on any atom is 0.254 e. The van der Waals surface area contributed by atoms with Crippen molar-refractivity contribution in [2.45, 2.75) is 6.04 Å². The Kier molecular flexibility index (Phi) is 5.24. The second kappa shape index (κ2) is 7.56. The van der Waals surface area contributed by atoms with Crippen LogP contribution in [0.3, 0.4) is 0 Å². The van der Waals surface area contributed by atoms with Crippen molar-refractivity contribution in [2.24, 2.45) is 0 Å². The van der Waals surface area contributed by atoms with Crippen LogP contribution in [-0.2, 0) is 0 Å². The van der Waals surface area contributed by atoms with Crippen molar-refractivity contribution in [3.8, 4) is 6.07 Å². The van der Waals surface area contributed by atoms with E-state index in [1.807, 2.05) is 29.2 Å². The Hall–Kier alpha value is -2.23. The number of carbonyl (C=O) groups excluding carboxylic acids is 1. The number of rotatable bonds is 3. The van der Waals surface area contributed by atoms with Crippen LogP contribution in [-0.4, -0.2) is 46.9 Å². The number of hydrogen-bond donors (Lipinski definition) is 0. The van der Waals surface area contributed by atoms with Crippen LogP contribution >= 0.6 is 15.9 Å². The fourth-order valence-corrected chi connectivity index (χ4v) is 3.32. The molecule has 1 aliphatic heterocycles. The molecule has 24 heavy (non-hydrogen) atoms. The fourth-order valence-electron chi connectivity index (χ4n) is 2.90. The van der Waals surface area contributed by atoms with Crippen LogP contribution in [0, 0.1) is 11.3 Å². The van der Waals surface area contributed by atoms with Gasteiger partial charge in [0, 0.05) is 48.6 Å². The number of aromatic nitrogens is 1. The molecule has 0 N–H and O–H groups in total. The highest BCUT2D eigenvalue weighted by atomic mass is 79.9. The van der Waals surface area contributed by atoms with Gasteiger partial charge < -0.3 is 4.90 Å². The second-order valence-electron chi connectivity index (χ2n) is 5.65. The third kappa shape index (κ3) is 3.64. The lowest BCUT2D eigenvalue weighted by molar-refractivity contribution is 0.0606. The highest BCUT2D eigenvalue weighted by Crippen LogP contribution is 2.24. The minimum Gasteiger partial charge on any atom is -0.336 e. The summed E-state index contributed by atoms with van der Waals surface area (Å²) < 4.78 is 0.965. The normalized spacial score (nSPS) is 16.4. The number of carbonyl (C=O) groups is 1. The average Bonchev–Trinajstić information content (AvgIpc) is 2.63. The van der Waals surface area contributed by atoms with Gasteiger partial charge in [-0.25, -0.2) is 0 Å². The zero-order valence-electron chi connectivity index (χ0n) is 13.1. The van der Waals surface area contributed by atoms with E-state index in [2.05, 4.69) is 31.9 Å². The van der Waals surface area contributed by atoms with Crippen LogP contribution in [0.2, 0.25) is 0 Å². The molecular formula is C18H17BrN4O. The van der Waals surface area contributed by atoms with Crippen LogP contribution < -0.4 is 0 Å². The van der Waals surface area contributed by atoms with Crippen LogP contribution in [0.25, 0.3) is 0 Å². The van der Waals surface area contributed by atoms with Gasteiger partial charge in [-0.05, 0) is 29.8 Å². The molecule has 0 spiro atoms. The van der Waals surface area contributed by atoms with E-state index in [0.29, 0.717) is 31.7 Å². The first-order valence-electron chi connectivity index (χ1n) is 7.77. The number of nitriles is 1. The van der Waals surface area contributed by atoms with E-state index in [4.69, 9.17) is 0 Å². The summed E-state index contributed by atoms with van der Waals surface area (Å²) in [6.07, 6.45) is 3.25. The lowest BCUT2D eigenvalue weighted by atomic mass is 10.1. The predicted molar refractivity (Wildman–Crippen MR) is 94.2 cm³/mol. The summed E-state index contributed by atoms with van der Waals surface area (Å²) in [5.41, 5.74) is 1.63. The number of pyridine rings is 1. The predicted octanol–water partition coefficient (Wildman–Crippen LogP) is 2.87. The van der Waals surface area contributed by atoms with Gasteiger partial charge in [-0.3, -0.25) is 14.7 Å². The number of benzene rings is 1. The highest BCUT2D eigenvalue weighted by molar-refractivity contribution is 9.10. The first-order valence-corrected chi connectivity index (χ1v) is 8.57. The summed E-state index contributed by atoms with van der Waals surface area (Å²) in [6, 6.07) is 13.4. The molecule has 1 saturated heterocycles. The maximum absolute atomic E-state index is 12.5. The van der Waals surface area contributed by atoms with Gasteiger partial charge in [-0.1, -0.05) is 28.1 Å². The summed E-state index contributed by atoms with van der Waals surface area (Å²) in [5.74, 6) is 0.0213. The van der Waals surface area contributed by atoms with Gasteiger partial charge in [0.1, 0.15) is 6.04 Å². The van der Waals surface area contributed by atoms with Crippen molar-refractivity contribution < 1.29 is 4.79 Å². The van der Waals surface area contributed by atoms with E-state index in [0.717, 1.165) is 10.0 Å². The van der Waals surface area contributed by atoms with Crippen LogP contribution in [0.1, 0.15) is 22.0 Å². The van der Waals surface area contributed by atoms with Crippen molar-refractivity contribution >= 4 is 21.8 Å². The molecule has 0 aliphatic carbocycles. The Balaban J connectivity index is 1.66. The molecule has 0 saturated carbocycles. The lowest BCUT2D eigenvalue weighted by Crippen LogP contribution is -2.49. The van der Waals surface area contributed by atoms with Crippen LogP contribution in [0.15, 0.2) is 53.3 Å². The van der Waals surface area contributed by atoms with Gasteiger partial charge in [0.25, 0.3) is 5.91 Å². The zero-order chi connectivity index (χ0) is 16.9. The number of nitrogens with zero attached hydrogens (tertiary/aromatic N) is 4. The van der Waals surface area contributed by atoms with Gasteiger partial charge in [-0.2, -0.15) is 5.26 Å². The van der Waals surface area contributed by atoms with E-state index < -0.39 is 0 Å². The molecule has 6 heteroatoms. The van der Waals surface area contributed by atoms with E-state index in [-0.39, 0.29) is 11.9 Å². The van der Waals surface area contributed by atoms with E-state index >= 15 is 0 Å². The van der Waals surface area contributed by atoms with Gasteiger partial charge in [0.2, 0.25) is 0 Å². The number of hydrogen-bond acceptors (Lipinski definition) is 4. The Morgan fingerprint density at radius 1 is 1.17 bits per heavy atom. The molecule has 0 bridgehead atoms. The fraction of sp³-hybridized carbons (Fsp3) is 0.278. The van der Waals surface area contributed by atoms with Crippen LogP contribution in [0.5, 0.6) is 0 Å². The third-order valence-corrected chi connectivity index (χ3v) is 4.67. The smallest absolute Gasteiger partial charge is 0.254 e. The van der Waals surface area contributed by atoms with Gasteiger partial charge >= 0.3 is 0 Å².